The summed E-state index contributed by atoms with van der Waals surface area (Å²) in [7, 11) is 0. The molecule has 0 aromatic rings. The van der Waals surface area contributed by atoms with Gasteiger partial charge in [-0.2, -0.15) is 0 Å². The smallest absolute Gasteiger partial charge is 0.0822 e. The lowest BCUT2D eigenvalue weighted by Gasteiger charge is -1.96. The van der Waals surface area contributed by atoms with Crippen molar-refractivity contribution in [2.45, 2.75) is 44.9 Å². The zero-order valence-electron chi connectivity index (χ0n) is 7.14. The summed E-state index contributed by atoms with van der Waals surface area (Å²) in [6.07, 6.45) is 12.8. The third kappa shape index (κ3) is 9.52. The molecule has 0 aliphatic heterocycles. The average Bonchev–Trinajstić information content (AvgIpc) is 2.03. The van der Waals surface area contributed by atoms with E-state index in [0.29, 0.717) is 0 Å². The van der Waals surface area contributed by atoms with E-state index >= 15 is 0 Å². The third-order valence-electron chi connectivity index (χ3n) is 1.72. The third-order valence-corrected chi connectivity index (χ3v) is 1.72. The van der Waals surface area contributed by atoms with Crippen LogP contribution in [-0.4, -0.2) is 6.61 Å². The summed E-state index contributed by atoms with van der Waals surface area (Å²) in [4.78, 5) is 0. The van der Waals surface area contributed by atoms with Gasteiger partial charge in [0.2, 0.25) is 0 Å². The van der Waals surface area contributed by atoms with Gasteiger partial charge in [0, 0.05) is 6.42 Å². The minimum atomic E-state index is 0.0877. The lowest BCUT2D eigenvalue weighted by molar-refractivity contribution is 0.186. The van der Waals surface area contributed by atoms with Gasteiger partial charge in [-0.05, 0) is 12.8 Å². The summed E-state index contributed by atoms with van der Waals surface area (Å²) in [5.74, 6) is 2.62. The second-order valence-corrected chi connectivity index (χ2v) is 2.78. The van der Waals surface area contributed by atoms with E-state index in [2.05, 4.69) is 5.92 Å². The minimum Gasteiger partial charge on any atom is -0.237 e. The molecule has 1 nitrogen and oxygen atoms in total. The van der Waals surface area contributed by atoms with Gasteiger partial charge >= 0.3 is 0 Å². The SMILES string of the molecule is C#CCCCCCCCC[O]. The molecule has 0 amide bonds. The van der Waals surface area contributed by atoms with Gasteiger partial charge in [0.15, 0.2) is 0 Å². The van der Waals surface area contributed by atoms with Crippen molar-refractivity contribution in [1.82, 2.24) is 0 Å². The van der Waals surface area contributed by atoms with E-state index in [1.807, 2.05) is 0 Å². The monoisotopic (exact) mass is 153 g/mol. The maximum atomic E-state index is 10.0. The van der Waals surface area contributed by atoms with Crippen LogP contribution in [0.15, 0.2) is 0 Å². The summed E-state index contributed by atoms with van der Waals surface area (Å²) < 4.78 is 0. The first-order valence-corrected chi connectivity index (χ1v) is 4.43. The molecule has 0 aromatic carbocycles. The van der Waals surface area contributed by atoms with E-state index in [-0.39, 0.29) is 6.61 Å². The van der Waals surface area contributed by atoms with Crippen LogP contribution in [0.5, 0.6) is 0 Å². The van der Waals surface area contributed by atoms with Crippen molar-refractivity contribution in [2.24, 2.45) is 0 Å². The molecule has 0 saturated carbocycles. The van der Waals surface area contributed by atoms with Crippen molar-refractivity contribution in [1.29, 1.82) is 0 Å². The molecule has 1 radical (unpaired) electrons. The molecular formula is C10H17O. The predicted octanol–water partition coefficient (Wildman–Crippen LogP) is 2.78. The van der Waals surface area contributed by atoms with E-state index in [1.54, 1.807) is 0 Å². The number of rotatable bonds is 7. The number of unbranched alkanes of at least 4 members (excludes halogenated alkanes) is 6. The summed E-state index contributed by atoms with van der Waals surface area (Å²) in [6, 6.07) is 0. The van der Waals surface area contributed by atoms with Gasteiger partial charge < -0.3 is 0 Å². The zero-order chi connectivity index (χ0) is 8.36. The Kier molecular flexibility index (Phi) is 9.10. The van der Waals surface area contributed by atoms with Gasteiger partial charge in [0.25, 0.3) is 0 Å². The van der Waals surface area contributed by atoms with Crippen molar-refractivity contribution < 1.29 is 5.11 Å². The Morgan fingerprint density at radius 1 is 0.909 bits per heavy atom. The van der Waals surface area contributed by atoms with Crippen LogP contribution in [0.4, 0.5) is 0 Å². The maximum absolute atomic E-state index is 10.0. The standard InChI is InChI=1S/C10H17O/c1-2-3-4-5-6-7-8-9-10-11/h1H,3-10H2. The Labute approximate surface area is 69.8 Å². The quantitative estimate of drug-likeness (QED) is 0.396. The molecule has 0 aromatic heterocycles. The second-order valence-electron chi connectivity index (χ2n) is 2.78. The molecule has 0 spiro atoms. The van der Waals surface area contributed by atoms with Crippen LogP contribution in [0, 0.1) is 12.3 Å². The highest BCUT2D eigenvalue weighted by atomic mass is 16.2. The first-order valence-electron chi connectivity index (χ1n) is 4.43. The van der Waals surface area contributed by atoms with Crippen molar-refractivity contribution in [3.8, 4) is 12.3 Å². The summed E-state index contributed by atoms with van der Waals surface area (Å²) in [5.41, 5.74) is 0. The summed E-state index contributed by atoms with van der Waals surface area (Å²) in [5, 5.41) is 10.0. The van der Waals surface area contributed by atoms with Gasteiger partial charge in [-0.3, -0.25) is 0 Å². The minimum absolute atomic E-state index is 0.0877. The molecule has 0 rings (SSSR count). The predicted molar refractivity (Wildman–Crippen MR) is 46.7 cm³/mol. The Hall–Kier alpha value is -0.480. The average molecular weight is 153 g/mol. The van der Waals surface area contributed by atoms with Gasteiger partial charge in [0.05, 0.1) is 6.61 Å². The van der Waals surface area contributed by atoms with Crippen molar-refractivity contribution in [3.05, 3.63) is 0 Å². The first-order chi connectivity index (χ1) is 5.41. The molecule has 0 saturated heterocycles. The zero-order valence-corrected chi connectivity index (χ0v) is 7.14. The molecule has 1 heteroatoms. The highest BCUT2D eigenvalue weighted by Crippen LogP contribution is 2.05. The van der Waals surface area contributed by atoms with Crippen LogP contribution < -0.4 is 0 Å². The highest BCUT2D eigenvalue weighted by Gasteiger charge is 1.89. The maximum Gasteiger partial charge on any atom is 0.0822 e. The number of hydrogen-bond acceptors (Lipinski definition) is 0. The molecule has 63 valence electrons. The van der Waals surface area contributed by atoms with Crippen LogP contribution in [0.1, 0.15) is 44.9 Å². The molecule has 0 heterocycles. The Morgan fingerprint density at radius 3 is 2.00 bits per heavy atom. The van der Waals surface area contributed by atoms with Gasteiger partial charge in [-0.15, -0.1) is 12.3 Å². The molecular weight excluding hydrogens is 136 g/mol. The van der Waals surface area contributed by atoms with Crippen LogP contribution in [-0.2, 0) is 5.11 Å². The Morgan fingerprint density at radius 2 is 1.45 bits per heavy atom. The van der Waals surface area contributed by atoms with Gasteiger partial charge in [-0.1, -0.05) is 25.7 Å². The largest absolute Gasteiger partial charge is 0.237 e. The number of hydrogen-bond donors (Lipinski definition) is 0. The molecule has 11 heavy (non-hydrogen) atoms. The van der Waals surface area contributed by atoms with Crippen LogP contribution in [0.25, 0.3) is 0 Å². The Bertz CT molecular complexity index is 102. The molecule has 0 aliphatic rings. The van der Waals surface area contributed by atoms with Gasteiger partial charge in [0.1, 0.15) is 0 Å². The number of terminal acetylenes is 1. The topological polar surface area (TPSA) is 19.9 Å². The van der Waals surface area contributed by atoms with Crippen LogP contribution >= 0.6 is 0 Å². The van der Waals surface area contributed by atoms with Crippen molar-refractivity contribution in [3.63, 3.8) is 0 Å². The second kappa shape index (κ2) is 9.52. The van der Waals surface area contributed by atoms with E-state index in [0.717, 1.165) is 25.7 Å². The van der Waals surface area contributed by atoms with Crippen LogP contribution in [0.2, 0.25) is 0 Å². The van der Waals surface area contributed by atoms with E-state index in [4.69, 9.17) is 6.42 Å². The van der Waals surface area contributed by atoms with Crippen LogP contribution in [0.3, 0.4) is 0 Å². The van der Waals surface area contributed by atoms with Crippen molar-refractivity contribution in [2.75, 3.05) is 6.61 Å². The fourth-order valence-electron chi connectivity index (χ4n) is 1.04. The molecule has 0 fully saturated rings. The first kappa shape index (κ1) is 10.5. The fourth-order valence-corrected chi connectivity index (χ4v) is 1.04. The Balaban J connectivity index is 2.75. The molecule has 0 unspecified atom stereocenters. The summed E-state index contributed by atoms with van der Waals surface area (Å²) in [6.45, 7) is 0.0877. The van der Waals surface area contributed by atoms with E-state index in [1.165, 1.54) is 19.3 Å². The lowest BCUT2D eigenvalue weighted by Crippen LogP contribution is -1.82. The summed E-state index contributed by atoms with van der Waals surface area (Å²) >= 11 is 0. The highest BCUT2D eigenvalue weighted by molar-refractivity contribution is 4.82. The van der Waals surface area contributed by atoms with E-state index in [9.17, 15) is 5.11 Å². The van der Waals surface area contributed by atoms with E-state index < -0.39 is 0 Å². The molecule has 0 aliphatic carbocycles. The molecule has 0 N–H and O–H groups in total. The van der Waals surface area contributed by atoms with Gasteiger partial charge in [-0.25, -0.2) is 5.11 Å². The molecule has 0 atom stereocenters. The van der Waals surface area contributed by atoms with Crippen molar-refractivity contribution >= 4 is 0 Å². The lowest BCUT2D eigenvalue weighted by atomic mass is 10.1. The fraction of sp³-hybridized carbons (Fsp3) is 0.800. The normalized spacial score (nSPS) is 9.45. The molecule has 0 bridgehead atoms.